The second-order valence-corrected chi connectivity index (χ2v) is 6.62. The van der Waals surface area contributed by atoms with E-state index >= 15 is 0 Å². The molecule has 1 rings (SSSR count). The molecule has 0 bridgehead atoms. The van der Waals surface area contributed by atoms with E-state index in [0.29, 0.717) is 6.61 Å². The number of methoxy groups -OCH3 is 1. The Bertz CT molecular complexity index is 190. The molecule has 2 unspecified atom stereocenters. The van der Waals surface area contributed by atoms with E-state index in [1.165, 1.54) is 0 Å². The minimum atomic E-state index is -2.84. The van der Waals surface area contributed by atoms with Gasteiger partial charge in [-0.2, -0.15) is 0 Å². The van der Waals surface area contributed by atoms with Crippen LogP contribution in [0.15, 0.2) is 0 Å². The molecule has 0 radical (unpaired) electrons. The zero-order valence-corrected chi connectivity index (χ0v) is 11.0. The van der Waals surface area contributed by atoms with E-state index in [-0.39, 0.29) is 6.10 Å². The fraction of sp³-hybridized carbons (Fsp3) is 1.00. The van der Waals surface area contributed by atoms with Crippen molar-refractivity contribution in [1.29, 1.82) is 0 Å². The fourth-order valence-corrected chi connectivity index (χ4v) is 4.91. The highest BCUT2D eigenvalue weighted by Crippen LogP contribution is 2.39. The molecule has 90 valence electrons. The van der Waals surface area contributed by atoms with Gasteiger partial charge >= 0.3 is 8.80 Å². The highest BCUT2D eigenvalue weighted by Gasteiger charge is 2.67. The molecule has 0 N–H and O–H groups in total. The Morgan fingerprint density at radius 3 is 1.87 bits per heavy atom. The Labute approximate surface area is 92.0 Å². The van der Waals surface area contributed by atoms with Crippen LogP contribution in [-0.2, 0) is 22.8 Å². The maximum absolute atomic E-state index is 5.61. The van der Waals surface area contributed by atoms with Crippen molar-refractivity contribution in [3.63, 3.8) is 0 Å². The maximum atomic E-state index is 5.61. The first-order chi connectivity index (χ1) is 7.16. The SMILES string of the molecule is CCC(OC)(C1CO1)[Si](OC)(OC)OC. The van der Waals surface area contributed by atoms with Crippen molar-refractivity contribution in [2.24, 2.45) is 0 Å². The van der Waals surface area contributed by atoms with Crippen LogP contribution in [0.2, 0.25) is 0 Å². The van der Waals surface area contributed by atoms with Crippen LogP contribution in [0.25, 0.3) is 0 Å². The van der Waals surface area contributed by atoms with Crippen molar-refractivity contribution in [2.45, 2.75) is 24.7 Å². The number of hydrogen-bond donors (Lipinski definition) is 0. The number of epoxide rings is 1. The largest absolute Gasteiger partial charge is 0.536 e. The van der Waals surface area contributed by atoms with E-state index < -0.39 is 14.0 Å². The van der Waals surface area contributed by atoms with Crippen molar-refractivity contribution in [1.82, 2.24) is 0 Å². The van der Waals surface area contributed by atoms with Gasteiger partial charge in [0.05, 0.1) is 6.61 Å². The summed E-state index contributed by atoms with van der Waals surface area (Å²) in [7, 11) is 3.56. The first-order valence-corrected chi connectivity index (χ1v) is 6.71. The van der Waals surface area contributed by atoms with Crippen LogP contribution < -0.4 is 0 Å². The molecule has 0 aromatic heterocycles. The van der Waals surface area contributed by atoms with Crippen molar-refractivity contribution in [2.75, 3.05) is 35.0 Å². The summed E-state index contributed by atoms with van der Waals surface area (Å²) in [5, 5.41) is -0.592. The molecule has 2 atom stereocenters. The van der Waals surface area contributed by atoms with E-state index in [0.717, 1.165) is 6.42 Å². The first-order valence-electron chi connectivity index (χ1n) is 4.98. The Morgan fingerprint density at radius 1 is 1.20 bits per heavy atom. The van der Waals surface area contributed by atoms with Gasteiger partial charge in [0.1, 0.15) is 6.10 Å². The van der Waals surface area contributed by atoms with Gasteiger partial charge in [0, 0.05) is 28.4 Å². The van der Waals surface area contributed by atoms with E-state index in [1.807, 2.05) is 6.92 Å². The lowest BCUT2D eigenvalue weighted by Crippen LogP contribution is -2.67. The zero-order chi connectivity index (χ0) is 11.5. The quantitative estimate of drug-likeness (QED) is 0.478. The molecular formula is C9H20O5Si. The van der Waals surface area contributed by atoms with Crippen molar-refractivity contribution < 1.29 is 22.8 Å². The van der Waals surface area contributed by atoms with Crippen LogP contribution >= 0.6 is 0 Å². The molecule has 1 aliphatic heterocycles. The van der Waals surface area contributed by atoms with Gasteiger partial charge in [0.2, 0.25) is 0 Å². The molecule has 0 aliphatic carbocycles. The summed E-state index contributed by atoms with van der Waals surface area (Å²) >= 11 is 0. The molecule has 15 heavy (non-hydrogen) atoms. The van der Waals surface area contributed by atoms with Crippen LogP contribution in [0.3, 0.4) is 0 Å². The summed E-state index contributed by atoms with van der Waals surface area (Å²) in [4.78, 5) is 0. The van der Waals surface area contributed by atoms with Crippen molar-refractivity contribution >= 4 is 8.80 Å². The predicted octanol–water partition coefficient (Wildman–Crippen LogP) is 0.598. The lowest BCUT2D eigenvalue weighted by atomic mass is 10.2. The van der Waals surface area contributed by atoms with Gasteiger partial charge in [-0.3, -0.25) is 0 Å². The van der Waals surface area contributed by atoms with Gasteiger partial charge in [-0.25, -0.2) is 0 Å². The molecule has 6 heteroatoms. The number of hydrogen-bond acceptors (Lipinski definition) is 5. The molecule has 0 aromatic carbocycles. The molecule has 1 aliphatic rings. The van der Waals surface area contributed by atoms with Crippen LogP contribution in [0.1, 0.15) is 13.3 Å². The van der Waals surface area contributed by atoms with Gasteiger partial charge < -0.3 is 22.8 Å². The van der Waals surface area contributed by atoms with Crippen molar-refractivity contribution in [3.8, 4) is 0 Å². The van der Waals surface area contributed by atoms with Gasteiger partial charge in [0.15, 0.2) is 5.22 Å². The lowest BCUT2D eigenvalue weighted by Gasteiger charge is -2.40. The minimum Gasteiger partial charge on any atom is -0.375 e. The molecule has 1 saturated heterocycles. The molecule has 1 heterocycles. The first kappa shape index (κ1) is 13.1. The van der Waals surface area contributed by atoms with E-state index in [2.05, 4.69) is 0 Å². The summed E-state index contributed by atoms with van der Waals surface area (Å²) in [6.45, 7) is 2.69. The van der Waals surface area contributed by atoms with Gasteiger partial charge in [0.25, 0.3) is 0 Å². The average Bonchev–Trinajstić information content (AvgIpc) is 3.11. The fourth-order valence-electron chi connectivity index (χ4n) is 2.13. The third kappa shape index (κ3) is 1.86. The summed E-state index contributed by atoms with van der Waals surface area (Å²) in [6, 6.07) is 0. The normalized spacial score (nSPS) is 25.0. The zero-order valence-electron chi connectivity index (χ0n) is 10.0. The standard InChI is InChI=1S/C9H20O5Si/c1-6-9(10-2,8-7-14-8)15(11-3,12-4)13-5/h8H,6-7H2,1-5H3. The van der Waals surface area contributed by atoms with Crippen LogP contribution in [-0.4, -0.2) is 55.2 Å². The molecule has 0 saturated carbocycles. The Balaban J connectivity index is 3.02. The summed E-state index contributed by atoms with van der Waals surface area (Å²) < 4.78 is 27.4. The maximum Gasteiger partial charge on any atom is 0.536 e. The smallest absolute Gasteiger partial charge is 0.375 e. The van der Waals surface area contributed by atoms with Crippen LogP contribution in [0, 0.1) is 0 Å². The van der Waals surface area contributed by atoms with Crippen LogP contribution in [0.5, 0.6) is 0 Å². The van der Waals surface area contributed by atoms with E-state index in [4.69, 9.17) is 22.8 Å². The molecule has 5 nitrogen and oxygen atoms in total. The van der Waals surface area contributed by atoms with Gasteiger partial charge in [-0.05, 0) is 6.42 Å². The third-order valence-electron chi connectivity index (χ3n) is 3.07. The summed E-state index contributed by atoms with van der Waals surface area (Å²) in [6.07, 6.45) is 0.745. The van der Waals surface area contributed by atoms with Gasteiger partial charge in [-0.1, -0.05) is 6.92 Å². The molecule has 0 spiro atoms. The topological polar surface area (TPSA) is 49.5 Å². The predicted molar refractivity (Wildman–Crippen MR) is 56.6 cm³/mol. The highest BCUT2D eigenvalue weighted by atomic mass is 28.4. The van der Waals surface area contributed by atoms with Gasteiger partial charge in [-0.15, -0.1) is 0 Å². The molecular weight excluding hydrogens is 216 g/mol. The third-order valence-corrected chi connectivity index (χ3v) is 6.60. The summed E-state index contributed by atoms with van der Waals surface area (Å²) in [5.41, 5.74) is 0. The Hall–Kier alpha value is 0.0169. The van der Waals surface area contributed by atoms with Crippen LogP contribution in [0.4, 0.5) is 0 Å². The monoisotopic (exact) mass is 236 g/mol. The summed E-state index contributed by atoms with van der Waals surface area (Å²) in [5.74, 6) is 0. The molecule has 1 fully saturated rings. The minimum absolute atomic E-state index is 0.0130. The van der Waals surface area contributed by atoms with Crippen molar-refractivity contribution in [3.05, 3.63) is 0 Å². The number of ether oxygens (including phenoxy) is 2. The highest BCUT2D eigenvalue weighted by molar-refractivity contribution is 6.64. The lowest BCUT2D eigenvalue weighted by molar-refractivity contribution is -0.0505. The Morgan fingerprint density at radius 2 is 1.67 bits per heavy atom. The van der Waals surface area contributed by atoms with E-state index in [9.17, 15) is 0 Å². The Kier molecular flexibility index (Phi) is 4.27. The average molecular weight is 236 g/mol. The number of rotatable bonds is 7. The van der Waals surface area contributed by atoms with E-state index in [1.54, 1.807) is 28.4 Å². The second-order valence-electron chi connectivity index (χ2n) is 3.44. The molecule has 0 aromatic rings. The molecule has 0 amide bonds. The second kappa shape index (κ2) is 4.90.